The van der Waals surface area contributed by atoms with Crippen molar-refractivity contribution in [3.63, 3.8) is 0 Å². The van der Waals surface area contributed by atoms with Crippen LogP contribution in [0.2, 0.25) is 0 Å². The fraction of sp³-hybridized carbons (Fsp3) is 0.782. The molecule has 0 aromatic rings. The number of hydrogen-bond donors (Lipinski definition) is 0. The van der Waals surface area contributed by atoms with Crippen molar-refractivity contribution in [3.8, 4) is 0 Å². The molecular weight excluding hydrogens is 741 g/mol. The Morgan fingerprint density at radius 3 is 1.18 bits per heavy atom. The van der Waals surface area contributed by atoms with E-state index in [1.54, 1.807) is 0 Å². The molecule has 0 radical (unpaired) electrons. The molecule has 0 aliphatic rings. The Kier molecular flexibility index (Phi) is 48.9. The molecule has 0 bridgehead atoms. The van der Waals surface area contributed by atoms with Crippen molar-refractivity contribution in [1.82, 2.24) is 0 Å². The van der Waals surface area contributed by atoms with E-state index >= 15 is 0 Å². The molecule has 1 unspecified atom stereocenters. The van der Waals surface area contributed by atoms with E-state index in [2.05, 4.69) is 81.5 Å². The van der Waals surface area contributed by atoms with E-state index in [-0.39, 0.29) is 25.2 Å². The lowest BCUT2D eigenvalue weighted by Gasteiger charge is -2.18. The zero-order valence-electron chi connectivity index (χ0n) is 40.0. The number of ether oxygens (including phenoxy) is 3. The molecule has 0 N–H and O–H groups in total. The number of hydrogen-bond acceptors (Lipinski definition) is 5. The van der Waals surface area contributed by atoms with Crippen molar-refractivity contribution in [2.45, 2.75) is 258 Å². The van der Waals surface area contributed by atoms with Crippen LogP contribution in [0.5, 0.6) is 0 Å². The zero-order valence-corrected chi connectivity index (χ0v) is 40.0. The van der Waals surface area contributed by atoms with Gasteiger partial charge in [0.15, 0.2) is 6.10 Å². The van der Waals surface area contributed by atoms with Gasteiger partial charge in [0.1, 0.15) is 6.61 Å². The second-order valence-corrected chi connectivity index (χ2v) is 17.1. The van der Waals surface area contributed by atoms with Crippen LogP contribution in [0.25, 0.3) is 0 Å². The number of unbranched alkanes of at least 4 members (excludes halogenated alkanes) is 26. The number of rotatable bonds is 47. The average Bonchev–Trinajstić information content (AvgIpc) is 3.25. The van der Waals surface area contributed by atoms with Crippen molar-refractivity contribution in [3.05, 3.63) is 60.8 Å². The molecule has 0 aromatic heterocycles. The van der Waals surface area contributed by atoms with Crippen LogP contribution in [-0.2, 0) is 23.8 Å². The smallest absolute Gasteiger partial charge is 0.306 e. The van der Waals surface area contributed by atoms with Gasteiger partial charge >= 0.3 is 11.9 Å². The van der Waals surface area contributed by atoms with E-state index in [1.165, 1.54) is 148 Å². The predicted molar refractivity (Wildman–Crippen MR) is 261 cm³/mol. The van der Waals surface area contributed by atoms with Crippen LogP contribution in [0.3, 0.4) is 0 Å². The summed E-state index contributed by atoms with van der Waals surface area (Å²) in [7, 11) is 0. The average molecular weight is 839 g/mol. The van der Waals surface area contributed by atoms with Crippen LogP contribution in [0, 0.1) is 0 Å². The zero-order chi connectivity index (χ0) is 43.5. The predicted octanol–water partition coefficient (Wildman–Crippen LogP) is 17.3. The number of esters is 2. The fourth-order valence-corrected chi connectivity index (χ4v) is 7.25. The first-order valence-corrected chi connectivity index (χ1v) is 25.8. The van der Waals surface area contributed by atoms with Crippen molar-refractivity contribution >= 4 is 11.9 Å². The maximum absolute atomic E-state index is 12.8. The third-order valence-corrected chi connectivity index (χ3v) is 11.1. The van der Waals surface area contributed by atoms with Crippen LogP contribution in [0.1, 0.15) is 252 Å². The minimum absolute atomic E-state index is 0.0591. The van der Waals surface area contributed by atoms with Gasteiger partial charge in [-0.25, -0.2) is 0 Å². The van der Waals surface area contributed by atoms with E-state index < -0.39 is 6.10 Å². The van der Waals surface area contributed by atoms with Crippen LogP contribution >= 0.6 is 0 Å². The first-order valence-electron chi connectivity index (χ1n) is 25.8. The molecule has 0 aromatic carbocycles. The highest BCUT2D eigenvalue weighted by Crippen LogP contribution is 2.15. The van der Waals surface area contributed by atoms with Crippen molar-refractivity contribution in [2.24, 2.45) is 0 Å². The minimum Gasteiger partial charge on any atom is -0.462 e. The summed E-state index contributed by atoms with van der Waals surface area (Å²) >= 11 is 0. The summed E-state index contributed by atoms with van der Waals surface area (Å²) in [4.78, 5) is 25.4. The molecule has 0 saturated heterocycles. The Morgan fingerprint density at radius 1 is 0.383 bits per heavy atom. The van der Waals surface area contributed by atoms with Gasteiger partial charge in [0.05, 0.1) is 6.61 Å². The summed E-state index contributed by atoms with van der Waals surface area (Å²) in [5.74, 6) is -0.454. The van der Waals surface area contributed by atoms with E-state index in [1.807, 2.05) is 0 Å². The second kappa shape index (κ2) is 51.0. The first-order chi connectivity index (χ1) is 29.6. The maximum atomic E-state index is 12.8. The molecule has 0 fully saturated rings. The Bertz CT molecular complexity index is 1040. The largest absolute Gasteiger partial charge is 0.462 e. The van der Waals surface area contributed by atoms with Gasteiger partial charge in [-0.15, -0.1) is 0 Å². The van der Waals surface area contributed by atoms with Crippen LogP contribution in [-0.4, -0.2) is 37.9 Å². The molecule has 0 heterocycles. The van der Waals surface area contributed by atoms with Gasteiger partial charge in [0, 0.05) is 19.4 Å². The Hall–Kier alpha value is -2.40. The van der Waals surface area contributed by atoms with Gasteiger partial charge in [-0.05, 0) is 57.8 Å². The van der Waals surface area contributed by atoms with Gasteiger partial charge < -0.3 is 14.2 Å². The monoisotopic (exact) mass is 839 g/mol. The third-order valence-electron chi connectivity index (χ3n) is 11.1. The summed E-state index contributed by atoms with van der Waals surface area (Å²) in [6, 6.07) is 0. The fourth-order valence-electron chi connectivity index (χ4n) is 7.25. The molecule has 0 spiro atoms. The van der Waals surface area contributed by atoms with Gasteiger partial charge in [0.25, 0.3) is 0 Å². The molecule has 1 atom stereocenters. The van der Waals surface area contributed by atoms with E-state index in [0.717, 1.165) is 70.6 Å². The molecule has 0 aliphatic heterocycles. The molecular formula is C55H98O5. The first kappa shape index (κ1) is 57.6. The number of allylic oxidation sites excluding steroid dienone is 10. The molecule has 60 heavy (non-hydrogen) atoms. The summed E-state index contributed by atoms with van der Waals surface area (Å²) in [5, 5.41) is 0. The summed E-state index contributed by atoms with van der Waals surface area (Å²) in [6.07, 6.45) is 63.7. The highest BCUT2D eigenvalue weighted by atomic mass is 16.6. The maximum Gasteiger partial charge on any atom is 0.306 e. The lowest BCUT2D eigenvalue weighted by atomic mass is 10.0. The van der Waals surface area contributed by atoms with Crippen molar-refractivity contribution in [1.29, 1.82) is 0 Å². The molecule has 0 aliphatic carbocycles. The lowest BCUT2D eigenvalue weighted by molar-refractivity contribution is -0.163. The SMILES string of the molecule is CC/C=C\C/C=C\C/C=C\C/C=C\C/C=C\CCCC(=O)OCC(COCCCCCCCCCCCCCC)OC(=O)CCCCCCCCCCCCCCCCC. The van der Waals surface area contributed by atoms with Gasteiger partial charge in [-0.3, -0.25) is 9.59 Å². The van der Waals surface area contributed by atoms with Crippen LogP contribution in [0.15, 0.2) is 60.8 Å². The molecule has 5 heteroatoms. The summed E-state index contributed by atoms with van der Waals surface area (Å²) in [5.41, 5.74) is 0. The standard InChI is InChI=1S/C55H98O5/c1-4-7-10-13-16-19-22-25-27-28-30-31-33-36-39-42-45-48-54(56)59-52-53(51-58-50-47-44-41-38-35-24-21-18-15-12-9-6-3)60-55(57)49-46-43-40-37-34-32-29-26-23-20-17-14-11-8-5-2/h7,10,16,19,25,27,30-31,36,39,53H,4-6,8-9,11-15,17-18,20-24,26,28-29,32-35,37-38,40-52H2,1-3H3/b10-7-,19-16-,27-25-,31-30-,39-36-. The van der Waals surface area contributed by atoms with Gasteiger partial charge in [-0.1, -0.05) is 242 Å². The highest BCUT2D eigenvalue weighted by Gasteiger charge is 2.17. The number of carbonyl (C=O) groups is 2. The van der Waals surface area contributed by atoms with Crippen LogP contribution < -0.4 is 0 Å². The van der Waals surface area contributed by atoms with E-state index in [4.69, 9.17) is 14.2 Å². The third kappa shape index (κ3) is 48.3. The molecule has 0 rings (SSSR count). The quantitative estimate of drug-likeness (QED) is 0.0347. The van der Waals surface area contributed by atoms with Gasteiger partial charge in [-0.2, -0.15) is 0 Å². The Morgan fingerprint density at radius 2 is 0.750 bits per heavy atom. The van der Waals surface area contributed by atoms with Gasteiger partial charge in [0.2, 0.25) is 0 Å². The molecule has 0 amide bonds. The normalized spacial score (nSPS) is 12.7. The van der Waals surface area contributed by atoms with Crippen LogP contribution in [0.4, 0.5) is 0 Å². The Balaban J connectivity index is 4.32. The highest BCUT2D eigenvalue weighted by molar-refractivity contribution is 5.70. The molecule has 348 valence electrons. The minimum atomic E-state index is -0.555. The molecule has 0 saturated carbocycles. The topological polar surface area (TPSA) is 61.8 Å². The van der Waals surface area contributed by atoms with Crippen molar-refractivity contribution in [2.75, 3.05) is 19.8 Å². The van der Waals surface area contributed by atoms with E-state index in [0.29, 0.717) is 19.4 Å². The number of carbonyl (C=O) groups excluding carboxylic acids is 2. The summed E-state index contributed by atoms with van der Waals surface area (Å²) in [6.45, 7) is 7.69. The second-order valence-electron chi connectivity index (χ2n) is 17.1. The van der Waals surface area contributed by atoms with E-state index in [9.17, 15) is 9.59 Å². The Labute approximate surface area is 373 Å². The molecule has 5 nitrogen and oxygen atoms in total. The summed E-state index contributed by atoms with van der Waals surface area (Å²) < 4.78 is 17.4. The lowest BCUT2D eigenvalue weighted by Crippen LogP contribution is -2.30. The van der Waals surface area contributed by atoms with Crippen molar-refractivity contribution < 1.29 is 23.8 Å².